The predicted octanol–water partition coefficient (Wildman–Crippen LogP) is 3.37. The van der Waals surface area contributed by atoms with Crippen molar-refractivity contribution in [3.63, 3.8) is 0 Å². The van der Waals surface area contributed by atoms with Gasteiger partial charge in [-0.1, -0.05) is 12.8 Å². The summed E-state index contributed by atoms with van der Waals surface area (Å²) in [4.78, 5) is 38.5. The van der Waals surface area contributed by atoms with Gasteiger partial charge in [-0.25, -0.2) is 0 Å². The Balaban J connectivity index is 1.51. The van der Waals surface area contributed by atoms with E-state index >= 15 is 0 Å². The van der Waals surface area contributed by atoms with E-state index in [0.717, 1.165) is 49.9 Å². The minimum absolute atomic E-state index is 0.0688. The summed E-state index contributed by atoms with van der Waals surface area (Å²) in [5.41, 5.74) is -0.665. The second-order valence-electron chi connectivity index (χ2n) is 7.53. The summed E-state index contributed by atoms with van der Waals surface area (Å²) in [6.45, 7) is 1.68. The average Bonchev–Trinajstić information content (AvgIpc) is 3.30. The van der Waals surface area contributed by atoms with Gasteiger partial charge in [0.05, 0.1) is 11.5 Å². The van der Waals surface area contributed by atoms with Gasteiger partial charge in [-0.2, -0.15) is 13.2 Å². The number of alkyl halides is 3. The standard InChI is InChI=1S/C20H23F3N2O4/c1-12(18(27)24-15-8-6-14(7-9-15)20(21,22)23)29-19(28)13-10-17(26)25(11-13)16-4-2-3-5-16/h6-9,12-13,16H,2-5,10-11H2,1H3,(H,24,27)/t12-,13-/m1/s1. The first-order valence-electron chi connectivity index (χ1n) is 9.63. The van der Waals surface area contributed by atoms with E-state index in [-0.39, 0.29) is 24.1 Å². The van der Waals surface area contributed by atoms with Crippen LogP contribution in [-0.4, -0.2) is 41.4 Å². The number of hydrogen-bond acceptors (Lipinski definition) is 4. The van der Waals surface area contributed by atoms with E-state index in [2.05, 4.69) is 5.32 Å². The van der Waals surface area contributed by atoms with E-state index in [1.165, 1.54) is 6.92 Å². The van der Waals surface area contributed by atoms with E-state index in [9.17, 15) is 27.6 Å². The van der Waals surface area contributed by atoms with Crippen molar-refractivity contribution in [2.45, 2.75) is 57.3 Å². The molecule has 0 unspecified atom stereocenters. The molecule has 0 bridgehead atoms. The number of esters is 1. The summed E-state index contributed by atoms with van der Waals surface area (Å²) in [6.07, 6.45) is -1.49. The molecule has 2 amide bonds. The molecular formula is C20H23F3N2O4. The maximum Gasteiger partial charge on any atom is 0.416 e. The van der Waals surface area contributed by atoms with Gasteiger partial charge in [-0.3, -0.25) is 14.4 Å². The molecule has 1 aromatic carbocycles. The topological polar surface area (TPSA) is 75.7 Å². The number of hydrogen-bond donors (Lipinski definition) is 1. The lowest BCUT2D eigenvalue weighted by atomic mass is 10.1. The van der Waals surface area contributed by atoms with Crippen LogP contribution in [0.4, 0.5) is 18.9 Å². The highest BCUT2D eigenvalue weighted by atomic mass is 19.4. The molecule has 9 heteroatoms. The van der Waals surface area contributed by atoms with Gasteiger partial charge in [0.15, 0.2) is 6.10 Å². The molecule has 158 valence electrons. The molecule has 1 aliphatic carbocycles. The fourth-order valence-electron chi connectivity index (χ4n) is 3.77. The van der Waals surface area contributed by atoms with E-state index in [1.807, 2.05) is 0 Å². The number of halogens is 3. The molecule has 3 rings (SSSR count). The second kappa shape index (κ2) is 8.42. The zero-order chi connectivity index (χ0) is 21.2. The van der Waals surface area contributed by atoms with Crippen molar-refractivity contribution >= 4 is 23.5 Å². The van der Waals surface area contributed by atoms with Crippen LogP contribution < -0.4 is 5.32 Å². The third kappa shape index (κ3) is 5.07. The average molecular weight is 412 g/mol. The lowest BCUT2D eigenvalue weighted by molar-refractivity contribution is -0.157. The molecule has 0 spiro atoms. The van der Waals surface area contributed by atoms with Crippen molar-refractivity contribution in [2.24, 2.45) is 5.92 Å². The quantitative estimate of drug-likeness (QED) is 0.753. The number of likely N-dealkylation sites (tertiary alicyclic amines) is 1. The molecule has 1 heterocycles. The number of carbonyl (C=O) groups excluding carboxylic acids is 3. The molecule has 2 atom stereocenters. The molecular weight excluding hydrogens is 389 g/mol. The van der Waals surface area contributed by atoms with Gasteiger partial charge in [0.1, 0.15) is 0 Å². The Labute approximate surface area is 166 Å². The minimum Gasteiger partial charge on any atom is -0.452 e. The van der Waals surface area contributed by atoms with Gasteiger partial charge in [-0.05, 0) is 44.0 Å². The van der Waals surface area contributed by atoms with Crippen LogP contribution in [0.5, 0.6) is 0 Å². The first kappa shape index (κ1) is 21.1. The van der Waals surface area contributed by atoms with Crippen LogP contribution >= 0.6 is 0 Å². The Morgan fingerprint density at radius 2 is 1.79 bits per heavy atom. The molecule has 1 saturated carbocycles. The summed E-state index contributed by atoms with van der Waals surface area (Å²) in [5, 5.41) is 2.42. The third-order valence-electron chi connectivity index (χ3n) is 5.40. The number of ether oxygens (including phenoxy) is 1. The lowest BCUT2D eigenvalue weighted by Gasteiger charge is -2.24. The Morgan fingerprint density at radius 1 is 1.17 bits per heavy atom. The van der Waals surface area contributed by atoms with Gasteiger partial charge in [0.25, 0.3) is 5.91 Å². The zero-order valence-corrected chi connectivity index (χ0v) is 16.0. The molecule has 1 aromatic rings. The molecule has 1 N–H and O–H groups in total. The molecule has 6 nitrogen and oxygen atoms in total. The van der Waals surface area contributed by atoms with Gasteiger partial charge in [0.2, 0.25) is 5.91 Å². The first-order chi connectivity index (χ1) is 13.6. The van der Waals surface area contributed by atoms with Crippen LogP contribution in [0, 0.1) is 5.92 Å². The first-order valence-corrected chi connectivity index (χ1v) is 9.63. The highest BCUT2D eigenvalue weighted by Crippen LogP contribution is 2.31. The lowest BCUT2D eigenvalue weighted by Crippen LogP contribution is -2.36. The maximum absolute atomic E-state index is 12.6. The number of benzene rings is 1. The number of carbonyl (C=O) groups is 3. The van der Waals surface area contributed by atoms with E-state index < -0.39 is 35.6 Å². The molecule has 2 fully saturated rings. The molecule has 1 aliphatic heterocycles. The van der Waals surface area contributed by atoms with Crippen molar-refractivity contribution in [1.82, 2.24) is 4.90 Å². The summed E-state index contributed by atoms with van der Waals surface area (Å²) >= 11 is 0. The van der Waals surface area contributed by atoms with Crippen LogP contribution in [-0.2, 0) is 25.3 Å². The fraction of sp³-hybridized carbons (Fsp3) is 0.550. The number of anilines is 1. The van der Waals surface area contributed by atoms with E-state index in [0.29, 0.717) is 6.54 Å². The van der Waals surface area contributed by atoms with Crippen LogP contribution in [0.25, 0.3) is 0 Å². The van der Waals surface area contributed by atoms with Gasteiger partial charge < -0.3 is 15.0 Å². The fourth-order valence-corrected chi connectivity index (χ4v) is 3.77. The zero-order valence-electron chi connectivity index (χ0n) is 16.0. The Bertz CT molecular complexity index is 773. The van der Waals surface area contributed by atoms with Crippen molar-refractivity contribution in [2.75, 3.05) is 11.9 Å². The molecule has 1 saturated heterocycles. The van der Waals surface area contributed by atoms with Crippen LogP contribution in [0.15, 0.2) is 24.3 Å². The molecule has 2 aliphatic rings. The van der Waals surface area contributed by atoms with Gasteiger partial charge in [0, 0.05) is 24.7 Å². The third-order valence-corrected chi connectivity index (χ3v) is 5.40. The Kier molecular flexibility index (Phi) is 6.14. The smallest absolute Gasteiger partial charge is 0.416 e. The van der Waals surface area contributed by atoms with Crippen molar-refractivity contribution in [1.29, 1.82) is 0 Å². The van der Waals surface area contributed by atoms with Crippen molar-refractivity contribution < 1.29 is 32.3 Å². The second-order valence-corrected chi connectivity index (χ2v) is 7.53. The number of nitrogens with one attached hydrogen (secondary N) is 1. The van der Waals surface area contributed by atoms with Crippen LogP contribution in [0.3, 0.4) is 0 Å². The summed E-state index contributed by atoms with van der Waals surface area (Å²) in [7, 11) is 0. The molecule has 0 aromatic heterocycles. The van der Waals surface area contributed by atoms with Crippen LogP contribution in [0.1, 0.15) is 44.6 Å². The SMILES string of the molecule is C[C@@H](OC(=O)[C@@H]1CC(=O)N(C2CCCC2)C1)C(=O)Nc1ccc(C(F)(F)F)cc1. The van der Waals surface area contributed by atoms with E-state index in [4.69, 9.17) is 4.74 Å². The number of rotatable bonds is 5. The predicted molar refractivity (Wildman–Crippen MR) is 97.7 cm³/mol. The maximum atomic E-state index is 12.6. The van der Waals surface area contributed by atoms with Crippen molar-refractivity contribution in [3.05, 3.63) is 29.8 Å². The summed E-state index contributed by atoms with van der Waals surface area (Å²) in [6, 6.07) is 4.15. The van der Waals surface area contributed by atoms with Crippen LogP contribution in [0.2, 0.25) is 0 Å². The largest absolute Gasteiger partial charge is 0.452 e. The molecule has 0 radical (unpaired) electrons. The van der Waals surface area contributed by atoms with E-state index in [1.54, 1.807) is 4.90 Å². The summed E-state index contributed by atoms with van der Waals surface area (Å²) in [5.74, 6) is -1.95. The van der Waals surface area contributed by atoms with Gasteiger partial charge in [-0.15, -0.1) is 0 Å². The highest BCUT2D eigenvalue weighted by Gasteiger charge is 2.40. The number of nitrogens with zero attached hydrogens (tertiary/aromatic N) is 1. The Morgan fingerprint density at radius 3 is 2.38 bits per heavy atom. The Hall–Kier alpha value is -2.58. The number of amides is 2. The monoisotopic (exact) mass is 412 g/mol. The van der Waals surface area contributed by atoms with Crippen molar-refractivity contribution in [3.8, 4) is 0 Å². The minimum atomic E-state index is -4.46. The molecule has 29 heavy (non-hydrogen) atoms. The normalized spacial score (nSPS) is 21.3. The highest BCUT2D eigenvalue weighted by molar-refractivity contribution is 5.95. The summed E-state index contributed by atoms with van der Waals surface area (Å²) < 4.78 is 42.9. The van der Waals surface area contributed by atoms with Gasteiger partial charge >= 0.3 is 12.1 Å².